The molecule has 2 rings (SSSR count). The zero-order chi connectivity index (χ0) is 15.2. The third-order valence-corrected chi connectivity index (χ3v) is 3.76. The highest BCUT2D eigenvalue weighted by Gasteiger charge is 2.19. The van der Waals surface area contributed by atoms with Crippen LogP contribution >= 0.6 is 0 Å². The molecule has 0 spiro atoms. The van der Waals surface area contributed by atoms with Gasteiger partial charge in [-0.1, -0.05) is 25.1 Å². The summed E-state index contributed by atoms with van der Waals surface area (Å²) >= 11 is 0. The zero-order valence-electron chi connectivity index (χ0n) is 13.3. The minimum absolute atomic E-state index is 0.0559. The Morgan fingerprint density at radius 1 is 1.19 bits per heavy atom. The van der Waals surface area contributed by atoms with Crippen molar-refractivity contribution in [3.63, 3.8) is 0 Å². The summed E-state index contributed by atoms with van der Waals surface area (Å²) in [6.07, 6.45) is 2.90. The number of nitrogens with zero attached hydrogens (tertiary/aromatic N) is 1. The van der Waals surface area contributed by atoms with E-state index < -0.39 is 0 Å². The molecule has 0 bridgehead atoms. The van der Waals surface area contributed by atoms with Gasteiger partial charge in [-0.15, -0.1) is 0 Å². The lowest BCUT2D eigenvalue weighted by Crippen LogP contribution is -2.24. The smallest absolute Gasteiger partial charge is 0.142 e. The number of hydrogen-bond donors (Lipinski definition) is 1. The van der Waals surface area contributed by atoms with E-state index in [0.29, 0.717) is 0 Å². The third kappa shape index (κ3) is 3.61. The van der Waals surface area contributed by atoms with Crippen LogP contribution in [0, 0.1) is 13.8 Å². The predicted octanol–water partition coefficient (Wildman–Crippen LogP) is 3.80. The molecular formula is C18H24N2O. The van der Waals surface area contributed by atoms with Crippen molar-refractivity contribution in [3.8, 4) is 5.75 Å². The second-order valence-electron chi connectivity index (χ2n) is 5.32. The maximum Gasteiger partial charge on any atom is 0.142 e. The molecule has 0 aliphatic heterocycles. The second-order valence-corrected chi connectivity index (χ2v) is 5.32. The van der Waals surface area contributed by atoms with Crippen molar-refractivity contribution in [2.45, 2.75) is 33.2 Å². The lowest BCUT2D eigenvalue weighted by molar-refractivity contribution is 0.399. The number of methoxy groups -OCH3 is 1. The summed E-state index contributed by atoms with van der Waals surface area (Å²) in [6.45, 7) is 7.39. The molecule has 2 aromatic rings. The lowest BCUT2D eigenvalue weighted by atomic mass is 9.98. The van der Waals surface area contributed by atoms with Gasteiger partial charge in [0.05, 0.1) is 13.2 Å². The fourth-order valence-corrected chi connectivity index (χ4v) is 2.40. The van der Waals surface area contributed by atoms with Gasteiger partial charge in [0, 0.05) is 6.20 Å². The fourth-order valence-electron chi connectivity index (χ4n) is 2.40. The first-order valence-corrected chi connectivity index (χ1v) is 7.46. The summed E-state index contributed by atoms with van der Waals surface area (Å²) in [5.41, 5.74) is 4.77. The molecule has 0 aliphatic carbocycles. The number of aryl methyl sites for hydroxylation is 2. The van der Waals surface area contributed by atoms with Gasteiger partial charge in [0.25, 0.3) is 0 Å². The minimum atomic E-state index is 0.0559. The molecule has 0 radical (unpaired) electrons. The zero-order valence-corrected chi connectivity index (χ0v) is 13.3. The summed E-state index contributed by atoms with van der Waals surface area (Å²) in [7, 11) is 1.69. The molecule has 1 heterocycles. The van der Waals surface area contributed by atoms with Crippen molar-refractivity contribution < 1.29 is 4.74 Å². The lowest BCUT2D eigenvalue weighted by Gasteiger charge is -2.21. The normalized spacial score (nSPS) is 12.2. The van der Waals surface area contributed by atoms with Gasteiger partial charge < -0.3 is 10.1 Å². The largest absolute Gasteiger partial charge is 0.495 e. The molecule has 1 unspecified atom stereocenters. The van der Waals surface area contributed by atoms with Gasteiger partial charge in [-0.3, -0.25) is 4.98 Å². The molecule has 1 N–H and O–H groups in total. The summed E-state index contributed by atoms with van der Waals surface area (Å²) in [6, 6.07) is 10.5. The van der Waals surface area contributed by atoms with Crippen molar-refractivity contribution in [2.24, 2.45) is 0 Å². The molecule has 1 aromatic carbocycles. The Labute approximate surface area is 127 Å². The van der Waals surface area contributed by atoms with Crippen LogP contribution in [-0.2, 0) is 0 Å². The predicted molar refractivity (Wildman–Crippen MR) is 86.8 cm³/mol. The van der Waals surface area contributed by atoms with E-state index in [4.69, 9.17) is 4.74 Å². The number of benzene rings is 1. The summed E-state index contributed by atoms with van der Waals surface area (Å²) in [4.78, 5) is 4.54. The van der Waals surface area contributed by atoms with Crippen LogP contribution in [0.2, 0.25) is 0 Å². The first-order chi connectivity index (χ1) is 10.2. The van der Waals surface area contributed by atoms with Gasteiger partial charge >= 0.3 is 0 Å². The van der Waals surface area contributed by atoms with Crippen LogP contribution in [-0.4, -0.2) is 18.6 Å². The highest BCUT2D eigenvalue weighted by atomic mass is 16.5. The van der Waals surface area contributed by atoms with Gasteiger partial charge in [0.2, 0.25) is 0 Å². The SMILES string of the molecule is CCCNC(c1ccc(C)c(C)c1)c1ncccc1OC. The monoisotopic (exact) mass is 284 g/mol. The van der Waals surface area contributed by atoms with Gasteiger partial charge in [0.1, 0.15) is 11.4 Å². The van der Waals surface area contributed by atoms with Crippen LogP contribution in [0.5, 0.6) is 5.75 Å². The van der Waals surface area contributed by atoms with Crippen molar-refractivity contribution in [2.75, 3.05) is 13.7 Å². The first-order valence-electron chi connectivity index (χ1n) is 7.46. The quantitative estimate of drug-likeness (QED) is 0.876. The Bertz CT molecular complexity index is 596. The molecule has 0 fully saturated rings. The molecule has 1 aromatic heterocycles. The van der Waals surface area contributed by atoms with Gasteiger partial charge in [0.15, 0.2) is 0 Å². The standard InChI is InChI=1S/C18H24N2O/c1-5-10-19-17(15-9-8-13(2)14(3)12-15)18-16(21-4)7-6-11-20-18/h6-9,11-12,17,19H,5,10H2,1-4H3. The molecule has 3 heteroatoms. The van der Waals surface area contributed by atoms with E-state index in [1.165, 1.54) is 16.7 Å². The topological polar surface area (TPSA) is 34.2 Å². The van der Waals surface area contributed by atoms with Crippen molar-refractivity contribution in [1.29, 1.82) is 0 Å². The second kappa shape index (κ2) is 7.23. The molecule has 112 valence electrons. The Morgan fingerprint density at radius 2 is 2.00 bits per heavy atom. The molecule has 21 heavy (non-hydrogen) atoms. The van der Waals surface area contributed by atoms with Crippen LogP contribution in [0.4, 0.5) is 0 Å². The summed E-state index contributed by atoms with van der Waals surface area (Å²) in [5.74, 6) is 0.823. The van der Waals surface area contributed by atoms with Crippen LogP contribution in [0.1, 0.15) is 41.8 Å². The third-order valence-electron chi connectivity index (χ3n) is 3.76. The van der Waals surface area contributed by atoms with E-state index in [1.807, 2.05) is 18.3 Å². The average Bonchev–Trinajstić information content (AvgIpc) is 2.51. The number of ether oxygens (including phenoxy) is 1. The van der Waals surface area contributed by atoms with Crippen LogP contribution in [0.3, 0.4) is 0 Å². The van der Waals surface area contributed by atoms with Crippen molar-refractivity contribution in [1.82, 2.24) is 10.3 Å². The highest BCUT2D eigenvalue weighted by Crippen LogP contribution is 2.29. The summed E-state index contributed by atoms with van der Waals surface area (Å²) < 4.78 is 5.48. The molecule has 0 aliphatic rings. The van der Waals surface area contributed by atoms with Gasteiger partial charge in [-0.2, -0.15) is 0 Å². The molecule has 3 nitrogen and oxygen atoms in total. The Hall–Kier alpha value is -1.87. The Kier molecular flexibility index (Phi) is 5.34. The van der Waals surface area contributed by atoms with Crippen LogP contribution in [0.25, 0.3) is 0 Å². The first kappa shape index (κ1) is 15.5. The van der Waals surface area contributed by atoms with E-state index in [0.717, 1.165) is 24.4 Å². The van der Waals surface area contributed by atoms with Crippen molar-refractivity contribution in [3.05, 3.63) is 58.9 Å². The molecular weight excluding hydrogens is 260 g/mol. The van der Waals surface area contributed by atoms with Crippen molar-refractivity contribution >= 4 is 0 Å². The molecule has 1 atom stereocenters. The molecule has 0 amide bonds. The van der Waals surface area contributed by atoms with Crippen LogP contribution in [0.15, 0.2) is 36.5 Å². The molecule has 0 saturated heterocycles. The number of pyridine rings is 1. The van der Waals surface area contributed by atoms with Crippen LogP contribution < -0.4 is 10.1 Å². The fraction of sp³-hybridized carbons (Fsp3) is 0.389. The Morgan fingerprint density at radius 3 is 2.67 bits per heavy atom. The van der Waals surface area contributed by atoms with Gasteiger partial charge in [-0.05, 0) is 55.6 Å². The van der Waals surface area contributed by atoms with E-state index in [9.17, 15) is 0 Å². The number of aromatic nitrogens is 1. The summed E-state index contributed by atoms with van der Waals surface area (Å²) in [5, 5.41) is 3.58. The van der Waals surface area contributed by atoms with E-state index in [1.54, 1.807) is 7.11 Å². The number of hydrogen-bond acceptors (Lipinski definition) is 3. The van der Waals surface area contributed by atoms with E-state index in [2.05, 4.69) is 49.3 Å². The number of rotatable bonds is 6. The maximum absolute atomic E-state index is 5.48. The molecule has 0 saturated carbocycles. The van der Waals surface area contributed by atoms with E-state index >= 15 is 0 Å². The minimum Gasteiger partial charge on any atom is -0.495 e. The average molecular weight is 284 g/mol. The Balaban J connectivity index is 2.44. The highest BCUT2D eigenvalue weighted by molar-refractivity contribution is 5.40. The van der Waals surface area contributed by atoms with E-state index in [-0.39, 0.29) is 6.04 Å². The maximum atomic E-state index is 5.48. The number of nitrogens with one attached hydrogen (secondary N) is 1. The van der Waals surface area contributed by atoms with Gasteiger partial charge in [-0.25, -0.2) is 0 Å².